The molecule has 1 unspecified atom stereocenters. The van der Waals surface area contributed by atoms with Crippen LogP contribution in [0.25, 0.3) is 0 Å². The molecule has 1 saturated heterocycles. The standard InChI is InChI=1S/C14H18F2N2O/c1-9(17)10-4-6-18(7-5-10)14(19)12-8-11(15)2-3-13(12)16/h2-3,8-10H,4-7,17H2,1H3. The Balaban J connectivity index is 2.07. The van der Waals surface area contributed by atoms with Gasteiger partial charge in [-0.25, -0.2) is 8.78 Å². The fraction of sp³-hybridized carbons (Fsp3) is 0.500. The number of halogens is 2. The van der Waals surface area contributed by atoms with Crippen molar-refractivity contribution < 1.29 is 13.6 Å². The number of likely N-dealkylation sites (tertiary alicyclic amines) is 1. The molecular weight excluding hydrogens is 250 g/mol. The number of benzene rings is 1. The Morgan fingerprint density at radius 2 is 2.00 bits per heavy atom. The summed E-state index contributed by atoms with van der Waals surface area (Å²) in [6, 6.07) is 3.05. The first-order valence-electron chi connectivity index (χ1n) is 6.49. The zero-order valence-corrected chi connectivity index (χ0v) is 10.9. The first-order valence-corrected chi connectivity index (χ1v) is 6.49. The summed E-state index contributed by atoms with van der Waals surface area (Å²) in [6.07, 6.45) is 1.61. The molecule has 1 heterocycles. The van der Waals surface area contributed by atoms with Crippen LogP contribution in [-0.2, 0) is 0 Å². The summed E-state index contributed by atoms with van der Waals surface area (Å²) in [7, 11) is 0. The van der Waals surface area contributed by atoms with Crippen molar-refractivity contribution in [1.29, 1.82) is 0 Å². The second kappa shape index (κ2) is 5.65. The van der Waals surface area contributed by atoms with Crippen LogP contribution in [0.3, 0.4) is 0 Å². The number of hydrogen-bond donors (Lipinski definition) is 1. The number of nitrogens with zero attached hydrogens (tertiary/aromatic N) is 1. The van der Waals surface area contributed by atoms with E-state index in [0.29, 0.717) is 19.0 Å². The van der Waals surface area contributed by atoms with E-state index in [-0.39, 0.29) is 11.6 Å². The van der Waals surface area contributed by atoms with E-state index in [1.165, 1.54) is 0 Å². The van der Waals surface area contributed by atoms with Crippen LogP contribution in [-0.4, -0.2) is 29.9 Å². The number of rotatable bonds is 2. The normalized spacial score (nSPS) is 18.4. The SMILES string of the molecule is CC(N)C1CCN(C(=O)c2cc(F)ccc2F)CC1. The molecule has 0 saturated carbocycles. The molecule has 104 valence electrons. The summed E-state index contributed by atoms with van der Waals surface area (Å²) in [5.74, 6) is -1.34. The van der Waals surface area contributed by atoms with Gasteiger partial charge < -0.3 is 10.6 Å². The lowest BCUT2D eigenvalue weighted by atomic mass is 9.90. The van der Waals surface area contributed by atoms with Crippen LogP contribution in [0, 0.1) is 17.6 Å². The molecule has 3 nitrogen and oxygen atoms in total. The van der Waals surface area contributed by atoms with E-state index in [1.807, 2.05) is 6.92 Å². The van der Waals surface area contributed by atoms with Crippen LogP contribution in [0.1, 0.15) is 30.1 Å². The van der Waals surface area contributed by atoms with Gasteiger partial charge in [0.25, 0.3) is 5.91 Å². The van der Waals surface area contributed by atoms with E-state index in [9.17, 15) is 13.6 Å². The van der Waals surface area contributed by atoms with Gasteiger partial charge in [-0.2, -0.15) is 0 Å². The van der Waals surface area contributed by atoms with Crippen LogP contribution in [0.5, 0.6) is 0 Å². The molecule has 0 radical (unpaired) electrons. The van der Waals surface area contributed by atoms with Gasteiger partial charge in [0.15, 0.2) is 0 Å². The first-order chi connectivity index (χ1) is 8.99. The van der Waals surface area contributed by atoms with Gasteiger partial charge in [-0.1, -0.05) is 0 Å². The number of amides is 1. The lowest BCUT2D eigenvalue weighted by Gasteiger charge is -2.33. The minimum Gasteiger partial charge on any atom is -0.339 e. The quantitative estimate of drug-likeness (QED) is 0.893. The van der Waals surface area contributed by atoms with Crippen molar-refractivity contribution in [3.8, 4) is 0 Å². The molecule has 1 aromatic rings. The molecule has 1 amide bonds. The Kier molecular flexibility index (Phi) is 4.14. The minimum absolute atomic E-state index is 0.100. The predicted molar refractivity (Wildman–Crippen MR) is 68.6 cm³/mol. The molecular formula is C14H18F2N2O. The molecule has 0 aliphatic carbocycles. The summed E-state index contributed by atoms with van der Waals surface area (Å²) in [5, 5.41) is 0. The van der Waals surface area contributed by atoms with Crippen molar-refractivity contribution in [2.75, 3.05) is 13.1 Å². The molecule has 0 spiro atoms. The number of carbonyl (C=O) groups is 1. The maximum atomic E-state index is 13.5. The van der Waals surface area contributed by atoms with Gasteiger partial charge in [0.2, 0.25) is 0 Å². The fourth-order valence-electron chi connectivity index (χ4n) is 2.46. The Labute approximate surface area is 111 Å². The average molecular weight is 268 g/mol. The topological polar surface area (TPSA) is 46.3 Å². The smallest absolute Gasteiger partial charge is 0.256 e. The van der Waals surface area contributed by atoms with Crippen molar-refractivity contribution in [2.45, 2.75) is 25.8 Å². The highest BCUT2D eigenvalue weighted by atomic mass is 19.1. The average Bonchev–Trinajstić information content (AvgIpc) is 2.41. The lowest BCUT2D eigenvalue weighted by Crippen LogP contribution is -2.42. The predicted octanol–water partition coefficient (Wildman–Crippen LogP) is 2.16. The zero-order valence-electron chi connectivity index (χ0n) is 10.9. The molecule has 2 N–H and O–H groups in total. The van der Waals surface area contributed by atoms with Crippen LogP contribution in [0.4, 0.5) is 8.78 Å². The Hall–Kier alpha value is -1.49. The summed E-state index contributed by atoms with van der Waals surface area (Å²) >= 11 is 0. The van der Waals surface area contributed by atoms with Crippen molar-refractivity contribution >= 4 is 5.91 Å². The maximum Gasteiger partial charge on any atom is 0.256 e. The van der Waals surface area contributed by atoms with E-state index in [2.05, 4.69) is 0 Å². The molecule has 5 heteroatoms. The van der Waals surface area contributed by atoms with E-state index in [1.54, 1.807) is 4.90 Å². The largest absolute Gasteiger partial charge is 0.339 e. The Morgan fingerprint density at radius 1 is 1.37 bits per heavy atom. The van der Waals surface area contributed by atoms with Gasteiger partial charge in [0, 0.05) is 19.1 Å². The van der Waals surface area contributed by atoms with E-state index >= 15 is 0 Å². The molecule has 1 fully saturated rings. The molecule has 19 heavy (non-hydrogen) atoms. The Morgan fingerprint density at radius 3 is 2.58 bits per heavy atom. The molecule has 0 aromatic heterocycles. The van der Waals surface area contributed by atoms with E-state index < -0.39 is 17.5 Å². The third-order valence-electron chi connectivity index (χ3n) is 3.73. The van der Waals surface area contributed by atoms with Gasteiger partial charge in [0.1, 0.15) is 11.6 Å². The number of carbonyl (C=O) groups excluding carboxylic acids is 1. The summed E-state index contributed by atoms with van der Waals surface area (Å²) in [6.45, 7) is 3.04. The van der Waals surface area contributed by atoms with Crippen LogP contribution >= 0.6 is 0 Å². The van der Waals surface area contributed by atoms with Crippen LogP contribution in [0.15, 0.2) is 18.2 Å². The number of piperidine rings is 1. The van der Waals surface area contributed by atoms with E-state index in [4.69, 9.17) is 5.73 Å². The molecule has 0 bridgehead atoms. The third kappa shape index (κ3) is 3.10. The fourth-order valence-corrected chi connectivity index (χ4v) is 2.46. The first kappa shape index (κ1) is 13.9. The summed E-state index contributed by atoms with van der Waals surface area (Å²) in [4.78, 5) is 13.7. The van der Waals surface area contributed by atoms with E-state index in [0.717, 1.165) is 31.0 Å². The summed E-state index contributed by atoms with van der Waals surface area (Å²) in [5.41, 5.74) is 5.64. The van der Waals surface area contributed by atoms with Gasteiger partial charge in [-0.05, 0) is 43.9 Å². The molecule has 1 aliphatic heterocycles. The van der Waals surface area contributed by atoms with Crippen molar-refractivity contribution in [3.05, 3.63) is 35.4 Å². The monoisotopic (exact) mass is 268 g/mol. The second-order valence-electron chi connectivity index (χ2n) is 5.11. The van der Waals surface area contributed by atoms with Crippen LogP contribution < -0.4 is 5.73 Å². The van der Waals surface area contributed by atoms with Gasteiger partial charge in [-0.3, -0.25) is 4.79 Å². The molecule has 2 rings (SSSR count). The second-order valence-corrected chi connectivity index (χ2v) is 5.11. The van der Waals surface area contributed by atoms with Crippen molar-refractivity contribution in [1.82, 2.24) is 4.90 Å². The van der Waals surface area contributed by atoms with Crippen molar-refractivity contribution in [2.24, 2.45) is 11.7 Å². The highest BCUT2D eigenvalue weighted by Gasteiger charge is 2.26. The molecule has 1 atom stereocenters. The summed E-state index contributed by atoms with van der Waals surface area (Å²) < 4.78 is 26.6. The molecule has 1 aromatic carbocycles. The molecule has 1 aliphatic rings. The Bertz CT molecular complexity index is 469. The highest BCUT2D eigenvalue weighted by molar-refractivity contribution is 5.94. The number of hydrogen-bond acceptors (Lipinski definition) is 2. The third-order valence-corrected chi connectivity index (χ3v) is 3.73. The van der Waals surface area contributed by atoms with Gasteiger partial charge >= 0.3 is 0 Å². The van der Waals surface area contributed by atoms with Crippen molar-refractivity contribution in [3.63, 3.8) is 0 Å². The van der Waals surface area contributed by atoms with Gasteiger partial charge in [-0.15, -0.1) is 0 Å². The maximum absolute atomic E-state index is 13.5. The van der Waals surface area contributed by atoms with Crippen LogP contribution in [0.2, 0.25) is 0 Å². The highest BCUT2D eigenvalue weighted by Crippen LogP contribution is 2.22. The number of nitrogens with two attached hydrogens (primary N) is 1. The lowest BCUT2D eigenvalue weighted by molar-refractivity contribution is 0.0675. The minimum atomic E-state index is -0.680. The van der Waals surface area contributed by atoms with Gasteiger partial charge in [0.05, 0.1) is 5.56 Å². The zero-order chi connectivity index (χ0) is 14.0.